The number of para-hydroxylation sites is 1. The van der Waals surface area contributed by atoms with Crippen LogP contribution >= 0.6 is 0 Å². The van der Waals surface area contributed by atoms with Crippen LogP contribution in [0.5, 0.6) is 5.75 Å². The summed E-state index contributed by atoms with van der Waals surface area (Å²) in [6.07, 6.45) is 3.10. The Morgan fingerprint density at radius 2 is 2.16 bits per heavy atom. The normalized spacial score (nSPS) is 22.8. The second kappa shape index (κ2) is 5.93. The average Bonchev–Trinajstić information content (AvgIpc) is 2.41. The Balaban J connectivity index is 2.11. The molecule has 1 amide bonds. The van der Waals surface area contributed by atoms with Crippen LogP contribution in [0.25, 0.3) is 0 Å². The molecule has 1 aliphatic rings. The first-order valence-electron chi connectivity index (χ1n) is 6.55. The van der Waals surface area contributed by atoms with Gasteiger partial charge in [-0.3, -0.25) is 4.79 Å². The minimum absolute atomic E-state index is 0.188. The summed E-state index contributed by atoms with van der Waals surface area (Å²) in [6.45, 7) is 0. The molecule has 0 aromatic heterocycles. The van der Waals surface area contributed by atoms with Crippen LogP contribution in [0, 0.1) is 0 Å². The lowest BCUT2D eigenvalue weighted by Gasteiger charge is -2.28. The third-order valence-electron chi connectivity index (χ3n) is 3.58. The summed E-state index contributed by atoms with van der Waals surface area (Å²) in [4.78, 5) is 12.2. The fourth-order valence-electron chi connectivity index (χ4n) is 2.45. The van der Waals surface area contributed by atoms with Crippen molar-refractivity contribution >= 4 is 11.6 Å². The highest BCUT2D eigenvalue weighted by molar-refractivity contribution is 6.00. The molecule has 0 spiro atoms. The molecule has 0 bridgehead atoms. The van der Waals surface area contributed by atoms with Crippen LogP contribution in [-0.4, -0.2) is 30.3 Å². The number of nitrogens with two attached hydrogens (primary N) is 1. The van der Waals surface area contributed by atoms with E-state index in [0.717, 1.165) is 25.7 Å². The van der Waals surface area contributed by atoms with Crippen molar-refractivity contribution in [2.45, 2.75) is 37.8 Å². The number of hydrogen-bond acceptors (Lipinski definition) is 4. The first-order chi connectivity index (χ1) is 9.13. The number of aliphatic hydroxyl groups excluding tert-OH is 1. The Morgan fingerprint density at radius 3 is 2.84 bits per heavy atom. The Hall–Kier alpha value is -1.75. The van der Waals surface area contributed by atoms with Gasteiger partial charge in [0.15, 0.2) is 0 Å². The first kappa shape index (κ1) is 13.7. The maximum atomic E-state index is 12.2. The van der Waals surface area contributed by atoms with E-state index in [-0.39, 0.29) is 11.9 Å². The number of carbonyl (C=O) groups excluding carboxylic acids is 1. The van der Waals surface area contributed by atoms with E-state index in [4.69, 9.17) is 10.5 Å². The van der Waals surface area contributed by atoms with Crippen LogP contribution < -0.4 is 15.8 Å². The zero-order valence-corrected chi connectivity index (χ0v) is 11.1. The summed E-state index contributed by atoms with van der Waals surface area (Å²) in [5.74, 6) is 0.221. The minimum atomic E-state index is -0.468. The number of carbonyl (C=O) groups is 1. The maximum absolute atomic E-state index is 12.2. The van der Waals surface area contributed by atoms with Gasteiger partial charge in [0.2, 0.25) is 0 Å². The fraction of sp³-hybridized carbons (Fsp3) is 0.500. The van der Waals surface area contributed by atoms with Crippen LogP contribution in [0.2, 0.25) is 0 Å². The molecule has 1 aromatic carbocycles. The van der Waals surface area contributed by atoms with E-state index < -0.39 is 6.10 Å². The summed E-state index contributed by atoms with van der Waals surface area (Å²) in [6, 6.07) is 4.90. The van der Waals surface area contributed by atoms with Crippen molar-refractivity contribution in [1.82, 2.24) is 5.32 Å². The third kappa shape index (κ3) is 2.98. The van der Waals surface area contributed by atoms with Crippen molar-refractivity contribution in [3.05, 3.63) is 23.8 Å². The van der Waals surface area contributed by atoms with Gasteiger partial charge in [0, 0.05) is 0 Å². The molecule has 0 radical (unpaired) electrons. The molecule has 2 atom stereocenters. The number of nitrogens with one attached hydrogen (secondary N) is 1. The number of methoxy groups -OCH3 is 1. The van der Waals surface area contributed by atoms with Gasteiger partial charge in [0.05, 0.1) is 30.5 Å². The van der Waals surface area contributed by atoms with Crippen LogP contribution in [0.3, 0.4) is 0 Å². The summed E-state index contributed by atoms with van der Waals surface area (Å²) in [5, 5.41) is 12.7. The van der Waals surface area contributed by atoms with Gasteiger partial charge in [-0.25, -0.2) is 0 Å². The van der Waals surface area contributed by atoms with E-state index in [1.807, 2.05) is 0 Å². The predicted octanol–water partition coefficient (Wildman–Crippen LogP) is 1.31. The number of benzene rings is 1. The monoisotopic (exact) mass is 264 g/mol. The molecule has 4 N–H and O–H groups in total. The van der Waals surface area contributed by atoms with Gasteiger partial charge in [-0.15, -0.1) is 0 Å². The van der Waals surface area contributed by atoms with E-state index in [1.54, 1.807) is 18.2 Å². The van der Waals surface area contributed by atoms with Crippen molar-refractivity contribution in [2.24, 2.45) is 0 Å². The molecular formula is C14H20N2O3. The molecule has 2 unspecified atom stereocenters. The second-order valence-corrected chi connectivity index (χ2v) is 4.85. The Bertz CT molecular complexity index is 462. The highest BCUT2D eigenvalue weighted by Crippen LogP contribution is 2.25. The van der Waals surface area contributed by atoms with Crippen molar-refractivity contribution in [3.63, 3.8) is 0 Å². The van der Waals surface area contributed by atoms with Gasteiger partial charge >= 0.3 is 0 Å². The van der Waals surface area contributed by atoms with Gasteiger partial charge in [-0.05, 0) is 25.0 Å². The molecule has 1 aromatic rings. The predicted molar refractivity (Wildman–Crippen MR) is 73.1 cm³/mol. The first-order valence-corrected chi connectivity index (χ1v) is 6.55. The largest absolute Gasteiger partial charge is 0.495 e. The Kier molecular flexibility index (Phi) is 4.27. The molecule has 104 valence electrons. The fourth-order valence-corrected chi connectivity index (χ4v) is 2.45. The van der Waals surface area contributed by atoms with Crippen molar-refractivity contribution in [2.75, 3.05) is 12.8 Å². The molecule has 1 aliphatic carbocycles. The molecule has 5 nitrogen and oxygen atoms in total. The molecule has 19 heavy (non-hydrogen) atoms. The number of rotatable bonds is 3. The second-order valence-electron chi connectivity index (χ2n) is 4.85. The zero-order chi connectivity index (χ0) is 13.8. The lowest BCUT2D eigenvalue weighted by atomic mass is 9.92. The molecule has 0 heterocycles. The van der Waals surface area contributed by atoms with E-state index in [2.05, 4.69) is 5.32 Å². The van der Waals surface area contributed by atoms with Crippen LogP contribution in [-0.2, 0) is 0 Å². The lowest BCUT2D eigenvalue weighted by Crippen LogP contribution is -2.45. The Labute approximate surface area is 112 Å². The third-order valence-corrected chi connectivity index (χ3v) is 3.58. The summed E-state index contributed by atoms with van der Waals surface area (Å²) >= 11 is 0. The average molecular weight is 264 g/mol. The number of aliphatic hydroxyl groups is 1. The van der Waals surface area contributed by atoms with Gasteiger partial charge in [0.25, 0.3) is 5.91 Å². The number of anilines is 1. The zero-order valence-electron chi connectivity index (χ0n) is 11.1. The molecular weight excluding hydrogens is 244 g/mol. The molecule has 2 rings (SSSR count). The maximum Gasteiger partial charge on any atom is 0.253 e. The van der Waals surface area contributed by atoms with Crippen molar-refractivity contribution < 1.29 is 14.6 Å². The van der Waals surface area contributed by atoms with Crippen molar-refractivity contribution in [3.8, 4) is 5.75 Å². The van der Waals surface area contributed by atoms with Gasteiger partial charge in [0.1, 0.15) is 5.75 Å². The smallest absolute Gasteiger partial charge is 0.253 e. The van der Waals surface area contributed by atoms with E-state index in [1.165, 1.54) is 7.11 Å². The van der Waals surface area contributed by atoms with Gasteiger partial charge in [-0.1, -0.05) is 18.9 Å². The SMILES string of the molecule is COc1cccc(C(=O)NC2CCCCC2O)c1N. The summed E-state index contributed by atoms with van der Waals surface area (Å²) < 4.78 is 5.09. The highest BCUT2D eigenvalue weighted by Gasteiger charge is 2.25. The topological polar surface area (TPSA) is 84.6 Å². The van der Waals surface area contributed by atoms with Gasteiger partial charge in [-0.2, -0.15) is 0 Å². The number of hydrogen-bond donors (Lipinski definition) is 3. The van der Waals surface area contributed by atoms with Gasteiger partial charge < -0.3 is 20.9 Å². The highest BCUT2D eigenvalue weighted by atomic mass is 16.5. The molecule has 5 heteroatoms. The lowest BCUT2D eigenvalue weighted by molar-refractivity contribution is 0.0717. The molecule has 1 saturated carbocycles. The van der Waals surface area contributed by atoms with Crippen LogP contribution in [0.1, 0.15) is 36.0 Å². The van der Waals surface area contributed by atoms with E-state index in [9.17, 15) is 9.90 Å². The summed E-state index contributed by atoms with van der Waals surface area (Å²) in [5.41, 5.74) is 6.60. The van der Waals surface area contributed by atoms with Crippen molar-refractivity contribution in [1.29, 1.82) is 0 Å². The number of ether oxygens (including phenoxy) is 1. The van der Waals surface area contributed by atoms with Crippen LogP contribution in [0.15, 0.2) is 18.2 Å². The standard InChI is InChI=1S/C14H20N2O3/c1-19-12-8-4-5-9(13(12)15)14(18)16-10-6-2-3-7-11(10)17/h4-5,8,10-11,17H,2-3,6-7,15H2,1H3,(H,16,18). The number of amides is 1. The quantitative estimate of drug-likeness (QED) is 0.719. The molecule has 1 fully saturated rings. The minimum Gasteiger partial charge on any atom is -0.495 e. The summed E-state index contributed by atoms with van der Waals surface area (Å²) in [7, 11) is 1.51. The number of nitrogen functional groups attached to an aromatic ring is 1. The van der Waals surface area contributed by atoms with E-state index in [0.29, 0.717) is 17.0 Å². The molecule has 0 aliphatic heterocycles. The van der Waals surface area contributed by atoms with Crippen LogP contribution in [0.4, 0.5) is 5.69 Å². The van der Waals surface area contributed by atoms with E-state index >= 15 is 0 Å². The molecule has 0 saturated heterocycles. The Morgan fingerprint density at radius 1 is 1.42 bits per heavy atom.